The van der Waals surface area contributed by atoms with Crippen LogP contribution in [0.25, 0.3) is 22.3 Å². The van der Waals surface area contributed by atoms with E-state index in [0.717, 1.165) is 18.5 Å². The van der Waals surface area contributed by atoms with Crippen LogP contribution in [-0.4, -0.2) is 4.98 Å². The topological polar surface area (TPSA) is 12.9 Å². The standard InChI is InChI=1S/C25H29N.C2H6/c1-7-20-14-22(13-17(4)23(20)8-2)21-10-9-16(3)25(15-21)24-11-12-26-19(6)18(24)5;1-2/h9-15H,7-8H2,1-6H3;1-2H3. The molecule has 0 atom stereocenters. The van der Waals surface area contributed by atoms with Crippen molar-refractivity contribution >= 4 is 0 Å². The monoisotopic (exact) mass is 373 g/mol. The second-order valence-corrected chi connectivity index (χ2v) is 7.24. The van der Waals surface area contributed by atoms with Crippen LogP contribution in [0.2, 0.25) is 0 Å². The molecule has 1 heterocycles. The van der Waals surface area contributed by atoms with Gasteiger partial charge in [-0.05, 0) is 103 Å². The second kappa shape index (κ2) is 9.68. The number of aryl methyl sites for hydroxylation is 4. The van der Waals surface area contributed by atoms with Crippen LogP contribution in [-0.2, 0) is 12.8 Å². The molecule has 0 fully saturated rings. The maximum Gasteiger partial charge on any atom is 0.0407 e. The summed E-state index contributed by atoms with van der Waals surface area (Å²) in [7, 11) is 0. The molecule has 0 radical (unpaired) electrons. The molecule has 2 aromatic carbocycles. The number of nitrogens with zero attached hydrogens (tertiary/aromatic N) is 1. The summed E-state index contributed by atoms with van der Waals surface area (Å²) < 4.78 is 0. The zero-order chi connectivity index (χ0) is 20.8. The van der Waals surface area contributed by atoms with Gasteiger partial charge in [0.1, 0.15) is 0 Å². The van der Waals surface area contributed by atoms with Crippen molar-refractivity contribution in [2.45, 2.75) is 68.2 Å². The fourth-order valence-electron chi connectivity index (χ4n) is 3.90. The summed E-state index contributed by atoms with van der Waals surface area (Å²) >= 11 is 0. The molecule has 3 rings (SSSR count). The third-order valence-electron chi connectivity index (χ3n) is 5.62. The zero-order valence-electron chi connectivity index (χ0n) is 18.9. The highest BCUT2D eigenvalue weighted by Crippen LogP contribution is 2.33. The van der Waals surface area contributed by atoms with Crippen LogP contribution in [0.4, 0.5) is 0 Å². The molecule has 28 heavy (non-hydrogen) atoms. The molecule has 0 saturated carbocycles. The fraction of sp³-hybridized carbons (Fsp3) is 0.370. The minimum Gasteiger partial charge on any atom is -0.261 e. The normalized spacial score (nSPS) is 10.4. The van der Waals surface area contributed by atoms with E-state index in [4.69, 9.17) is 0 Å². The molecule has 1 nitrogen and oxygen atoms in total. The highest BCUT2D eigenvalue weighted by atomic mass is 14.7. The molecule has 0 amide bonds. The van der Waals surface area contributed by atoms with Crippen LogP contribution < -0.4 is 0 Å². The van der Waals surface area contributed by atoms with E-state index >= 15 is 0 Å². The Kier molecular flexibility index (Phi) is 7.57. The van der Waals surface area contributed by atoms with Crippen LogP contribution in [0.1, 0.15) is 61.2 Å². The minimum absolute atomic E-state index is 1.08. The zero-order valence-corrected chi connectivity index (χ0v) is 18.9. The Labute approximate surface area is 171 Å². The van der Waals surface area contributed by atoms with E-state index in [0.29, 0.717) is 0 Å². The van der Waals surface area contributed by atoms with Crippen LogP contribution in [0.3, 0.4) is 0 Å². The molecule has 0 aliphatic rings. The van der Waals surface area contributed by atoms with Gasteiger partial charge in [-0.15, -0.1) is 0 Å². The summed E-state index contributed by atoms with van der Waals surface area (Å²) in [5.74, 6) is 0. The van der Waals surface area contributed by atoms with E-state index in [-0.39, 0.29) is 0 Å². The van der Waals surface area contributed by atoms with E-state index < -0.39 is 0 Å². The number of pyridine rings is 1. The Hall–Kier alpha value is -2.41. The Morgan fingerprint density at radius 1 is 0.714 bits per heavy atom. The van der Waals surface area contributed by atoms with Gasteiger partial charge in [0.15, 0.2) is 0 Å². The van der Waals surface area contributed by atoms with Gasteiger partial charge >= 0.3 is 0 Å². The molecule has 0 spiro atoms. The molecule has 148 valence electrons. The van der Waals surface area contributed by atoms with Gasteiger partial charge in [0.25, 0.3) is 0 Å². The summed E-state index contributed by atoms with van der Waals surface area (Å²) in [6.07, 6.45) is 4.10. The highest BCUT2D eigenvalue weighted by Gasteiger charge is 2.11. The van der Waals surface area contributed by atoms with Crippen molar-refractivity contribution in [2.75, 3.05) is 0 Å². The molecule has 0 aliphatic heterocycles. The lowest BCUT2D eigenvalue weighted by Gasteiger charge is -2.16. The van der Waals surface area contributed by atoms with Crippen molar-refractivity contribution in [2.24, 2.45) is 0 Å². The molecule has 0 aliphatic carbocycles. The lowest BCUT2D eigenvalue weighted by Crippen LogP contribution is -1.97. The summed E-state index contributed by atoms with van der Waals surface area (Å²) in [4.78, 5) is 4.43. The molecular weight excluding hydrogens is 338 g/mol. The highest BCUT2D eigenvalue weighted by molar-refractivity contribution is 5.78. The van der Waals surface area contributed by atoms with Crippen LogP contribution >= 0.6 is 0 Å². The van der Waals surface area contributed by atoms with E-state index in [1.807, 2.05) is 20.0 Å². The molecule has 1 aromatic heterocycles. The van der Waals surface area contributed by atoms with E-state index in [2.05, 4.69) is 82.9 Å². The molecular formula is C27H35N. The largest absolute Gasteiger partial charge is 0.261 e. The lowest BCUT2D eigenvalue weighted by atomic mass is 9.89. The van der Waals surface area contributed by atoms with Crippen molar-refractivity contribution in [3.8, 4) is 22.3 Å². The maximum atomic E-state index is 4.43. The van der Waals surface area contributed by atoms with Gasteiger partial charge in [0, 0.05) is 11.9 Å². The first-order valence-corrected chi connectivity index (χ1v) is 10.6. The predicted octanol–water partition coefficient (Wildman–Crippen LogP) is 7.80. The van der Waals surface area contributed by atoms with Crippen molar-refractivity contribution in [3.63, 3.8) is 0 Å². The average Bonchev–Trinajstić information content (AvgIpc) is 2.71. The van der Waals surface area contributed by atoms with Gasteiger partial charge in [-0.25, -0.2) is 0 Å². The lowest BCUT2D eigenvalue weighted by molar-refractivity contribution is 1.02. The van der Waals surface area contributed by atoms with Crippen LogP contribution in [0, 0.1) is 27.7 Å². The Morgan fingerprint density at radius 3 is 2.07 bits per heavy atom. The number of benzene rings is 2. The molecule has 0 N–H and O–H groups in total. The summed E-state index contributed by atoms with van der Waals surface area (Å²) in [6.45, 7) is 17.2. The average molecular weight is 374 g/mol. The van der Waals surface area contributed by atoms with Gasteiger partial charge in [-0.1, -0.05) is 52.0 Å². The van der Waals surface area contributed by atoms with Crippen molar-refractivity contribution in [1.29, 1.82) is 0 Å². The summed E-state index contributed by atoms with van der Waals surface area (Å²) in [5.41, 5.74) is 13.3. The van der Waals surface area contributed by atoms with Crippen LogP contribution in [0.15, 0.2) is 42.6 Å². The first-order valence-electron chi connectivity index (χ1n) is 10.6. The summed E-state index contributed by atoms with van der Waals surface area (Å²) in [6, 6.07) is 13.7. The van der Waals surface area contributed by atoms with Gasteiger partial charge in [0.05, 0.1) is 0 Å². The smallest absolute Gasteiger partial charge is 0.0407 e. The number of hydrogen-bond donors (Lipinski definition) is 0. The van der Waals surface area contributed by atoms with Crippen LogP contribution in [0.5, 0.6) is 0 Å². The maximum absolute atomic E-state index is 4.43. The quantitative estimate of drug-likeness (QED) is 0.454. The number of aromatic nitrogens is 1. The second-order valence-electron chi connectivity index (χ2n) is 7.24. The van der Waals surface area contributed by atoms with Gasteiger partial charge < -0.3 is 0 Å². The molecule has 0 bridgehead atoms. The van der Waals surface area contributed by atoms with Crippen molar-refractivity contribution < 1.29 is 0 Å². The molecule has 0 unspecified atom stereocenters. The Balaban J connectivity index is 0.00000136. The fourth-order valence-corrected chi connectivity index (χ4v) is 3.90. The molecule has 0 saturated heterocycles. The Bertz CT molecular complexity index is 951. The SMILES string of the molecule is CC.CCc1cc(-c2ccc(C)c(-c3ccnc(C)c3C)c2)cc(C)c1CC. The van der Waals surface area contributed by atoms with Crippen molar-refractivity contribution in [1.82, 2.24) is 4.98 Å². The first-order chi connectivity index (χ1) is 13.5. The summed E-state index contributed by atoms with van der Waals surface area (Å²) in [5, 5.41) is 0. The molecule has 3 aromatic rings. The number of rotatable bonds is 4. The van der Waals surface area contributed by atoms with Gasteiger partial charge in [-0.2, -0.15) is 0 Å². The van der Waals surface area contributed by atoms with E-state index in [1.165, 1.54) is 50.1 Å². The Morgan fingerprint density at radius 2 is 1.43 bits per heavy atom. The van der Waals surface area contributed by atoms with Crippen molar-refractivity contribution in [3.05, 3.63) is 76.1 Å². The number of hydrogen-bond acceptors (Lipinski definition) is 1. The third-order valence-corrected chi connectivity index (χ3v) is 5.62. The third kappa shape index (κ3) is 4.35. The van der Waals surface area contributed by atoms with E-state index in [1.54, 1.807) is 0 Å². The van der Waals surface area contributed by atoms with Gasteiger partial charge in [0.2, 0.25) is 0 Å². The first kappa shape index (κ1) is 21.9. The predicted molar refractivity (Wildman–Crippen MR) is 124 cm³/mol. The molecule has 1 heteroatoms. The minimum atomic E-state index is 1.08. The van der Waals surface area contributed by atoms with E-state index in [9.17, 15) is 0 Å². The van der Waals surface area contributed by atoms with Gasteiger partial charge in [-0.3, -0.25) is 4.98 Å².